The number of hydrogen-bond donors (Lipinski definition) is 2. The van der Waals surface area contributed by atoms with Crippen LogP contribution in [0.3, 0.4) is 0 Å². The molecule has 35 heavy (non-hydrogen) atoms. The van der Waals surface area contributed by atoms with Crippen LogP contribution in [0.25, 0.3) is 11.1 Å². The van der Waals surface area contributed by atoms with E-state index >= 15 is 0 Å². The van der Waals surface area contributed by atoms with Gasteiger partial charge in [-0.1, -0.05) is 48.5 Å². The lowest BCUT2D eigenvalue weighted by atomic mass is 9.98. The van der Waals surface area contributed by atoms with Gasteiger partial charge in [-0.3, -0.25) is 4.79 Å². The number of carboxylic acids is 1. The Kier molecular flexibility index (Phi) is 7.10. The molecule has 0 aromatic heterocycles. The maximum Gasteiger partial charge on any atom is 0.407 e. The first kappa shape index (κ1) is 23.9. The molecule has 0 bridgehead atoms. The number of ether oxygens (including phenoxy) is 4. The third-order valence-electron chi connectivity index (χ3n) is 6.13. The van der Waals surface area contributed by atoms with Crippen LogP contribution in [-0.4, -0.2) is 45.1 Å². The number of rotatable bonds is 9. The number of hydrogen-bond acceptors (Lipinski definition) is 6. The topological polar surface area (TPSA) is 103 Å². The summed E-state index contributed by atoms with van der Waals surface area (Å²) in [5.74, 6) is -0.0448. The third-order valence-corrected chi connectivity index (χ3v) is 6.13. The summed E-state index contributed by atoms with van der Waals surface area (Å²) in [5.41, 5.74) is 4.85. The molecule has 4 rings (SSSR count). The summed E-state index contributed by atoms with van der Waals surface area (Å²) in [5, 5.41) is 12.2. The normalized spacial score (nSPS) is 12.8. The van der Waals surface area contributed by atoms with E-state index in [1.54, 1.807) is 12.1 Å². The van der Waals surface area contributed by atoms with Crippen molar-refractivity contribution in [1.29, 1.82) is 0 Å². The van der Waals surface area contributed by atoms with Crippen molar-refractivity contribution in [2.24, 2.45) is 0 Å². The first-order valence-corrected chi connectivity index (χ1v) is 11.1. The summed E-state index contributed by atoms with van der Waals surface area (Å²) in [6.07, 6.45) is -1.11. The van der Waals surface area contributed by atoms with Gasteiger partial charge < -0.3 is 29.4 Å². The average molecular weight is 478 g/mol. The van der Waals surface area contributed by atoms with Gasteiger partial charge in [0, 0.05) is 17.5 Å². The van der Waals surface area contributed by atoms with E-state index in [1.165, 1.54) is 21.3 Å². The van der Waals surface area contributed by atoms with E-state index in [0.29, 0.717) is 22.8 Å². The summed E-state index contributed by atoms with van der Waals surface area (Å²) in [4.78, 5) is 24.4. The van der Waals surface area contributed by atoms with E-state index < -0.39 is 18.1 Å². The Hall–Kier alpha value is -4.20. The molecule has 1 aliphatic rings. The fourth-order valence-electron chi connectivity index (χ4n) is 4.52. The number of benzene rings is 3. The minimum atomic E-state index is -1.09. The molecule has 1 atom stereocenters. The van der Waals surface area contributed by atoms with Crippen LogP contribution in [0.5, 0.6) is 17.2 Å². The zero-order valence-corrected chi connectivity index (χ0v) is 19.7. The predicted octanol–water partition coefficient (Wildman–Crippen LogP) is 4.77. The lowest BCUT2D eigenvalue weighted by molar-refractivity contribution is -0.137. The molecule has 1 aliphatic carbocycles. The van der Waals surface area contributed by atoms with Crippen LogP contribution in [0.2, 0.25) is 0 Å². The SMILES string of the molecule is COc1cc(OC)c([C@H](CC(=O)O)NC(=O)OCC2c3ccccc3-c3ccccc32)cc1OC. The van der Waals surface area contributed by atoms with E-state index in [-0.39, 0.29) is 18.9 Å². The molecule has 3 aromatic rings. The van der Waals surface area contributed by atoms with Gasteiger partial charge in [-0.05, 0) is 28.3 Å². The van der Waals surface area contributed by atoms with Gasteiger partial charge in [0.1, 0.15) is 12.4 Å². The maximum absolute atomic E-state index is 12.8. The molecule has 1 amide bonds. The van der Waals surface area contributed by atoms with Gasteiger partial charge in [-0.2, -0.15) is 0 Å². The van der Waals surface area contributed by atoms with Crippen molar-refractivity contribution >= 4 is 12.1 Å². The number of amides is 1. The van der Waals surface area contributed by atoms with Gasteiger partial charge in [-0.25, -0.2) is 4.79 Å². The molecule has 0 spiro atoms. The zero-order chi connectivity index (χ0) is 24.9. The smallest absolute Gasteiger partial charge is 0.407 e. The van der Waals surface area contributed by atoms with Crippen LogP contribution in [0.15, 0.2) is 60.7 Å². The molecule has 8 heteroatoms. The van der Waals surface area contributed by atoms with E-state index in [4.69, 9.17) is 18.9 Å². The first-order chi connectivity index (χ1) is 17.0. The summed E-state index contributed by atoms with van der Waals surface area (Å²) in [7, 11) is 4.41. The molecule has 0 aliphatic heterocycles. The molecular formula is C27H27NO7. The Morgan fingerprint density at radius 1 is 0.857 bits per heavy atom. The molecule has 8 nitrogen and oxygen atoms in total. The summed E-state index contributed by atoms with van der Waals surface area (Å²) in [6.45, 7) is 0.114. The summed E-state index contributed by atoms with van der Waals surface area (Å²) >= 11 is 0. The second-order valence-corrected chi connectivity index (χ2v) is 8.07. The highest BCUT2D eigenvalue weighted by Gasteiger charge is 2.30. The van der Waals surface area contributed by atoms with Crippen LogP contribution in [-0.2, 0) is 9.53 Å². The van der Waals surface area contributed by atoms with E-state index in [9.17, 15) is 14.7 Å². The maximum atomic E-state index is 12.8. The van der Waals surface area contributed by atoms with Gasteiger partial charge in [0.2, 0.25) is 0 Å². The van der Waals surface area contributed by atoms with Crippen molar-refractivity contribution in [1.82, 2.24) is 5.32 Å². The molecule has 2 N–H and O–H groups in total. The molecule has 3 aromatic carbocycles. The molecular weight excluding hydrogens is 450 g/mol. The fourth-order valence-corrected chi connectivity index (χ4v) is 4.52. The minimum Gasteiger partial charge on any atom is -0.496 e. The van der Waals surface area contributed by atoms with Crippen molar-refractivity contribution in [3.63, 3.8) is 0 Å². The summed E-state index contributed by atoms with van der Waals surface area (Å²) < 4.78 is 21.7. The van der Waals surface area contributed by atoms with Crippen LogP contribution in [0.1, 0.15) is 35.1 Å². The third kappa shape index (κ3) is 4.87. The molecule has 0 fully saturated rings. The van der Waals surface area contributed by atoms with Gasteiger partial charge in [0.15, 0.2) is 11.5 Å². The highest BCUT2D eigenvalue weighted by molar-refractivity contribution is 5.79. The first-order valence-electron chi connectivity index (χ1n) is 11.1. The Labute approximate surface area is 203 Å². The Morgan fingerprint density at radius 2 is 1.40 bits per heavy atom. The molecule has 0 radical (unpaired) electrons. The van der Waals surface area contributed by atoms with E-state index in [0.717, 1.165) is 22.3 Å². The highest BCUT2D eigenvalue weighted by Crippen LogP contribution is 2.44. The minimum absolute atomic E-state index is 0.110. The van der Waals surface area contributed by atoms with Gasteiger partial charge in [0.25, 0.3) is 0 Å². The molecule has 0 unspecified atom stereocenters. The van der Waals surface area contributed by atoms with Crippen LogP contribution < -0.4 is 19.5 Å². The standard InChI is InChI=1S/C27H27NO7/c1-32-23-14-25(34-3)24(33-2)12-20(23)22(13-26(29)30)28-27(31)35-15-21-18-10-6-4-8-16(18)17-9-5-7-11-19(17)21/h4-12,14,21-22H,13,15H2,1-3H3,(H,28,31)(H,29,30)/t22-/m0/s1. The molecule has 0 heterocycles. The lowest BCUT2D eigenvalue weighted by Gasteiger charge is -2.22. The number of aliphatic carboxylic acids is 1. The number of carboxylic acid groups (broad SMARTS) is 1. The fraction of sp³-hybridized carbons (Fsp3) is 0.259. The monoisotopic (exact) mass is 477 g/mol. The van der Waals surface area contributed by atoms with Crippen molar-refractivity contribution in [3.8, 4) is 28.4 Å². The Balaban J connectivity index is 1.55. The second-order valence-electron chi connectivity index (χ2n) is 8.07. The quantitative estimate of drug-likeness (QED) is 0.458. The molecule has 0 saturated heterocycles. The van der Waals surface area contributed by atoms with Crippen molar-refractivity contribution in [3.05, 3.63) is 77.4 Å². The zero-order valence-electron chi connectivity index (χ0n) is 19.7. The second kappa shape index (κ2) is 10.4. The van der Waals surface area contributed by atoms with Gasteiger partial charge in [-0.15, -0.1) is 0 Å². The summed E-state index contributed by atoms with van der Waals surface area (Å²) in [6, 6.07) is 18.3. The lowest BCUT2D eigenvalue weighted by Crippen LogP contribution is -2.32. The van der Waals surface area contributed by atoms with E-state index in [1.807, 2.05) is 36.4 Å². The van der Waals surface area contributed by atoms with Crippen molar-refractivity contribution < 1.29 is 33.6 Å². The molecule has 0 saturated carbocycles. The number of carbonyl (C=O) groups is 2. The van der Waals surface area contributed by atoms with Crippen LogP contribution >= 0.6 is 0 Å². The number of alkyl carbamates (subject to hydrolysis) is 1. The largest absolute Gasteiger partial charge is 0.496 e. The number of methoxy groups -OCH3 is 3. The average Bonchev–Trinajstić information content (AvgIpc) is 3.19. The Morgan fingerprint density at radius 3 is 1.94 bits per heavy atom. The molecule has 182 valence electrons. The Bertz CT molecular complexity index is 1190. The number of carbonyl (C=O) groups excluding carboxylic acids is 1. The van der Waals surface area contributed by atoms with Crippen LogP contribution in [0.4, 0.5) is 4.79 Å². The predicted molar refractivity (Wildman–Crippen MR) is 129 cm³/mol. The van der Waals surface area contributed by atoms with Crippen molar-refractivity contribution in [2.75, 3.05) is 27.9 Å². The highest BCUT2D eigenvalue weighted by atomic mass is 16.5. The van der Waals surface area contributed by atoms with E-state index in [2.05, 4.69) is 17.4 Å². The van der Waals surface area contributed by atoms with Crippen LogP contribution in [0, 0.1) is 0 Å². The van der Waals surface area contributed by atoms with Gasteiger partial charge >= 0.3 is 12.1 Å². The number of fused-ring (bicyclic) bond motifs is 3. The number of nitrogens with one attached hydrogen (secondary N) is 1. The van der Waals surface area contributed by atoms with Gasteiger partial charge in [0.05, 0.1) is 33.8 Å². The van der Waals surface area contributed by atoms with Crippen molar-refractivity contribution in [2.45, 2.75) is 18.4 Å².